The van der Waals surface area contributed by atoms with Crippen LogP contribution in [0.25, 0.3) is 5.57 Å². The Morgan fingerprint density at radius 3 is 1.17 bits per heavy atom. The molecule has 0 aliphatic carbocycles. The molecular weight excluding hydrogens is 432 g/mol. The van der Waals surface area contributed by atoms with Crippen molar-refractivity contribution < 1.29 is 9.59 Å². The van der Waals surface area contributed by atoms with Gasteiger partial charge in [-0.1, -0.05) is 103 Å². The molecule has 4 aromatic carbocycles. The number of rotatable bonds is 6. The van der Waals surface area contributed by atoms with E-state index in [1.807, 2.05) is 121 Å². The lowest BCUT2D eigenvalue weighted by molar-refractivity contribution is -0.120. The van der Waals surface area contributed by atoms with Crippen molar-refractivity contribution in [3.63, 3.8) is 0 Å². The summed E-state index contributed by atoms with van der Waals surface area (Å²) in [7, 11) is 3.33. The summed E-state index contributed by atoms with van der Waals surface area (Å²) in [4.78, 5) is 30.5. The van der Waals surface area contributed by atoms with Crippen LogP contribution in [-0.2, 0) is 9.59 Å². The Labute approximate surface area is 206 Å². The summed E-state index contributed by atoms with van der Waals surface area (Å²) in [5.41, 5.74) is 6.96. The predicted molar refractivity (Wildman–Crippen MR) is 142 cm³/mol. The van der Waals surface area contributed by atoms with Crippen molar-refractivity contribution in [3.05, 3.63) is 144 Å². The van der Waals surface area contributed by atoms with Crippen LogP contribution in [0.1, 0.15) is 11.1 Å². The van der Waals surface area contributed by atoms with Gasteiger partial charge >= 0.3 is 0 Å². The summed E-state index contributed by atoms with van der Waals surface area (Å²) in [6, 6.07) is 37.9. The van der Waals surface area contributed by atoms with Gasteiger partial charge in [0, 0.05) is 31.0 Å². The van der Waals surface area contributed by atoms with Crippen LogP contribution in [0.2, 0.25) is 0 Å². The monoisotopic (exact) mass is 458 g/mol. The third-order valence-corrected chi connectivity index (χ3v) is 5.70. The number of carbonyl (C=O) groups is 2. The molecule has 0 atom stereocenters. The number of hydrogen-bond acceptors (Lipinski definition) is 2. The molecule has 4 rings (SSSR count). The minimum absolute atomic E-state index is 0.0505. The standard InChI is InChI=1S/C31H26N2O2/c1-32(26-19-11-5-12-20-26)30(34)29(31(35)33(2)27-21-13-6-14-22-27)23-28(24-15-7-3-8-16-24)25-17-9-4-10-18-25/h3-22H,1-2H3. The van der Waals surface area contributed by atoms with Gasteiger partial charge in [0.15, 0.2) is 0 Å². The molecule has 0 heterocycles. The summed E-state index contributed by atoms with van der Waals surface area (Å²) < 4.78 is 0. The lowest BCUT2D eigenvalue weighted by Gasteiger charge is -2.22. The van der Waals surface area contributed by atoms with Crippen LogP contribution in [0.15, 0.2) is 133 Å². The Hall–Kier alpha value is -4.66. The molecule has 0 N–H and O–H groups in total. The molecule has 172 valence electrons. The van der Waals surface area contributed by atoms with Gasteiger partial charge in [-0.3, -0.25) is 9.59 Å². The molecule has 4 aromatic rings. The minimum atomic E-state index is -0.437. The van der Waals surface area contributed by atoms with Crippen LogP contribution in [0.4, 0.5) is 11.4 Å². The Kier molecular flexibility index (Phi) is 7.37. The first-order valence-electron chi connectivity index (χ1n) is 11.3. The van der Waals surface area contributed by atoms with Gasteiger partial charge in [0.1, 0.15) is 5.57 Å². The molecule has 0 spiro atoms. The van der Waals surface area contributed by atoms with Crippen molar-refractivity contribution in [1.29, 1.82) is 0 Å². The Morgan fingerprint density at radius 2 is 0.829 bits per heavy atom. The van der Waals surface area contributed by atoms with Gasteiger partial charge in [-0.15, -0.1) is 0 Å². The zero-order valence-electron chi connectivity index (χ0n) is 19.8. The number of hydrogen-bond donors (Lipinski definition) is 0. The smallest absolute Gasteiger partial charge is 0.271 e. The van der Waals surface area contributed by atoms with E-state index < -0.39 is 11.8 Å². The molecular formula is C31H26N2O2. The molecule has 0 aliphatic rings. The highest BCUT2D eigenvalue weighted by molar-refractivity contribution is 6.27. The molecule has 0 radical (unpaired) electrons. The molecule has 0 unspecified atom stereocenters. The van der Waals surface area contributed by atoms with Gasteiger partial charge in [0.05, 0.1) is 0 Å². The third-order valence-electron chi connectivity index (χ3n) is 5.70. The molecule has 4 heteroatoms. The van der Waals surface area contributed by atoms with E-state index in [9.17, 15) is 9.59 Å². The van der Waals surface area contributed by atoms with Crippen LogP contribution in [0.5, 0.6) is 0 Å². The van der Waals surface area contributed by atoms with Crippen molar-refractivity contribution in [2.75, 3.05) is 23.9 Å². The normalized spacial score (nSPS) is 10.1. The van der Waals surface area contributed by atoms with Gasteiger partial charge in [-0.2, -0.15) is 0 Å². The second-order valence-corrected chi connectivity index (χ2v) is 8.01. The second kappa shape index (κ2) is 11.0. The Balaban J connectivity index is 1.93. The fourth-order valence-electron chi connectivity index (χ4n) is 3.72. The maximum Gasteiger partial charge on any atom is 0.271 e. The van der Waals surface area contributed by atoms with E-state index in [0.29, 0.717) is 16.9 Å². The molecule has 0 saturated carbocycles. The third kappa shape index (κ3) is 5.47. The molecule has 0 aliphatic heterocycles. The summed E-state index contributed by atoms with van der Waals surface area (Å²) >= 11 is 0. The molecule has 0 saturated heterocycles. The summed E-state index contributed by atoms with van der Waals surface area (Å²) in [5.74, 6) is -0.873. The molecule has 35 heavy (non-hydrogen) atoms. The second-order valence-electron chi connectivity index (χ2n) is 8.01. The fraction of sp³-hybridized carbons (Fsp3) is 0.0645. The average molecular weight is 459 g/mol. The Morgan fingerprint density at radius 1 is 0.514 bits per heavy atom. The Bertz CT molecular complexity index is 1260. The number of nitrogens with zero attached hydrogens (tertiary/aromatic N) is 2. The van der Waals surface area contributed by atoms with Crippen molar-refractivity contribution in [1.82, 2.24) is 0 Å². The van der Waals surface area contributed by atoms with Crippen LogP contribution >= 0.6 is 0 Å². The quantitative estimate of drug-likeness (QED) is 0.155. The van der Waals surface area contributed by atoms with Gasteiger partial charge < -0.3 is 9.80 Å². The summed E-state index contributed by atoms with van der Waals surface area (Å²) in [6.07, 6.45) is 0. The topological polar surface area (TPSA) is 40.6 Å². The SMILES string of the molecule is CN(C(=O)C(=C=C(c1ccccc1)c1ccccc1)C(=O)N(C)c1ccccc1)c1ccccc1. The van der Waals surface area contributed by atoms with Gasteiger partial charge in [0.2, 0.25) is 0 Å². The highest BCUT2D eigenvalue weighted by Gasteiger charge is 2.27. The van der Waals surface area contributed by atoms with Gasteiger partial charge in [-0.05, 0) is 35.4 Å². The van der Waals surface area contributed by atoms with Crippen molar-refractivity contribution in [2.45, 2.75) is 0 Å². The number of benzene rings is 4. The van der Waals surface area contributed by atoms with E-state index in [-0.39, 0.29) is 5.57 Å². The summed E-state index contributed by atoms with van der Waals surface area (Å²) in [5, 5.41) is 0. The number of likely N-dealkylation sites (N-methyl/N-ethyl adjacent to an activating group) is 2. The van der Waals surface area contributed by atoms with E-state index >= 15 is 0 Å². The van der Waals surface area contributed by atoms with Crippen molar-refractivity contribution in [2.24, 2.45) is 0 Å². The molecule has 0 aromatic heterocycles. The highest BCUT2D eigenvalue weighted by Crippen LogP contribution is 2.25. The largest absolute Gasteiger partial charge is 0.311 e. The maximum atomic E-state index is 13.8. The fourth-order valence-corrected chi connectivity index (χ4v) is 3.72. The van der Waals surface area contributed by atoms with Crippen molar-refractivity contribution in [3.8, 4) is 0 Å². The highest BCUT2D eigenvalue weighted by atomic mass is 16.2. The van der Waals surface area contributed by atoms with Gasteiger partial charge in [-0.25, -0.2) is 0 Å². The van der Waals surface area contributed by atoms with Gasteiger partial charge in [0.25, 0.3) is 11.8 Å². The average Bonchev–Trinajstić information content (AvgIpc) is 2.94. The molecule has 0 bridgehead atoms. The number of anilines is 2. The first-order chi connectivity index (χ1) is 17.1. The molecule has 0 fully saturated rings. The minimum Gasteiger partial charge on any atom is -0.311 e. The number of amides is 2. The first kappa shape index (κ1) is 23.5. The number of para-hydroxylation sites is 2. The maximum absolute atomic E-state index is 13.8. The van der Waals surface area contributed by atoms with Crippen molar-refractivity contribution >= 4 is 28.8 Å². The van der Waals surface area contributed by atoms with Crippen LogP contribution in [0.3, 0.4) is 0 Å². The molecule has 2 amide bonds. The predicted octanol–water partition coefficient (Wildman–Crippen LogP) is 5.97. The molecule has 4 nitrogen and oxygen atoms in total. The van der Waals surface area contributed by atoms with Crippen LogP contribution < -0.4 is 9.80 Å². The zero-order valence-corrected chi connectivity index (χ0v) is 19.8. The first-order valence-corrected chi connectivity index (χ1v) is 11.3. The van der Waals surface area contributed by atoms with E-state index in [0.717, 1.165) is 11.1 Å². The van der Waals surface area contributed by atoms with E-state index in [1.54, 1.807) is 14.1 Å². The van der Waals surface area contributed by atoms with Crippen LogP contribution in [-0.4, -0.2) is 25.9 Å². The van der Waals surface area contributed by atoms with Crippen LogP contribution in [0, 0.1) is 0 Å². The zero-order chi connectivity index (χ0) is 24.6. The lowest BCUT2D eigenvalue weighted by atomic mass is 9.97. The van der Waals surface area contributed by atoms with E-state index in [4.69, 9.17) is 0 Å². The lowest BCUT2D eigenvalue weighted by Crippen LogP contribution is -2.37. The summed E-state index contributed by atoms with van der Waals surface area (Å²) in [6.45, 7) is 0. The number of carbonyl (C=O) groups excluding carboxylic acids is 2. The van der Waals surface area contributed by atoms with E-state index in [2.05, 4.69) is 5.73 Å². The van der Waals surface area contributed by atoms with E-state index in [1.165, 1.54) is 9.80 Å².